The van der Waals surface area contributed by atoms with Crippen molar-refractivity contribution in [1.82, 2.24) is 14.8 Å². The lowest BCUT2D eigenvalue weighted by molar-refractivity contribution is -0.384. The van der Waals surface area contributed by atoms with Crippen molar-refractivity contribution in [2.75, 3.05) is 11.1 Å². The minimum Gasteiger partial charge on any atom is -0.486 e. The number of carbonyl (C=O) groups is 1. The highest BCUT2D eigenvalue weighted by Crippen LogP contribution is 2.27. The van der Waals surface area contributed by atoms with E-state index in [2.05, 4.69) is 22.1 Å². The number of rotatable bonds is 10. The second-order valence-electron chi connectivity index (χ2n) is 6.66. The van der Waals surface area contributed by atoms with Crippen molar-refractivity contribution >= 4 is 40.6 Å². The highest BCUT2D eigenvalue weighted by Gasteiger charge is 2.16. The molecule has 166 valence electrons. The van der Waals surface area contributed by atoms with Gasteiger partial charge >= 0.3 is 0 Å². The molecule has 0 radical (unpaired) electrons. The molecule has 3 aromatic rings. The van der Waals surface area contributed by atoms with E-state index in [4.69, 9.17) is 16.3 Å². The summed E-state index contributed by atoms with van der Waals surface area (Å²) in [5.74, 6) is 1.01. The smallest absolute Gasteiger partial charge is 0.289 e. The summed E-state index contributed by atoms with van der Waals surface area (Å²) in [6.07, 6.45) is 1.70. The molecule has 9 nitrogen and oxygen atoms in total. The summed E-state index contributed by atoms with van der Waals surface area (Å²) in [5, 5.41) is 22.5. The van der Waals surface area contributed by atoms with Gasteiger partial charge < -0.3 is 10.1 Å². The van der Waals surface area contributed by atoms with E-state index < -0.39 is 4.92 Å². The van der Waals surface area contributed by atoms with Crippen LogP contribution < -0.4 is 10.1 Å². The number of anilines is 1. The molecule has 1 heterocycles. The second-order valence-corrected chi connectivity index (χ2v) is 8.01. The van der Waals surface area contributed by atoms with Crippen LogP contribution in [0.1, 0.15) is 11.4 Å². The quantitative estimate of drug-likeness (QED) is 0.197. The molecular weight excluding hydrogens is 454 g/mol. The number of amides is 1. The van der Waals surface area contributed by atoms with Gasteiger partial charge in [0.05, 0.1) is 10.7 Å². The Hall–Kier alpha value is -3.37. The number of allylic oxidation sites excluding steroid dienone is 1. The molecule has 0 aliphatic heterocycles. The average molecular weight is 474 g/mol. The van der Waals surface area contributed by atoms with Crippen LogP contribution in [0.4, 0.5) is 11.4 Å². The maximum absolute atomic E-state index is 12.3. The molecule has 0 saturated heterocycles. The highest BCUT2D eigenvalue weighted by molar-refractivity contribution is 7.99. The zero-order valence-corrected chi connectivity index (χ0v) is 18.7. The highest BCUT2D eigenvalue weighted by atomic mass is 35.5. The minimum absolute atomic E-state index is 0.000289. The van der Waals surface area contributed by atoms with Crippen LogP contribution in [0.25, 0.3) is 0 Å². The number of thioether (sulfide) groups is 1. The summed E-state index contributed by atoms with van der Waals surface area (Å²) in [6, 6.07) is 11.8. The standard InChI is InChI=1S/C21H20ClN5O4S/c1-3-9-26-19(12-31-16-6-4-5-14(2)10-16)24-25-21(26)32-13-20(28)23-15-7-8-17(22)18(11-15)27(29)30/h3-8,10-11H,1,9,12-13H2,2H3,(H,23,28). The Balaban J connectivity index is 1.63. The largest absolute Gasteiger partial charge is 0.486 e. The Kier molecular flexibility index (Phi) is 7.85. The van der Waals surface area contributed by atoms with E-state index in [9.17, 15) is 14.9 Å². The summed E-state index contributed by atoms with van der Waals surface area (Å²) in [4.78, 5) is 22.7. The van der Waals surface area contributed by atoms with Crippen LogP contribution in [0, 0.1) is 17.0 Å². The zero-order valence-electron chi connectivity index (χ0n) is 17.2. The van der Waals surface area contributed by atoms with Crippen LogP contribution in [-0.4, -0.2) is 31.3 Å². The molecule has 0 spiro atoms. The lowest BCUT2D eigenvalue weighted by atomic mass is 10.2. The monoisotopic (exact) mass is 473 g/mol. The summed E-state index contributed by atoms with van der Waals surface area (Å²) in [7, 11) is 0. The van der Waals surface area contributed by atoms with Gasteiger partial charge in [-0.1, -0.05) is 41.6 Å². The minimum atomic E-state index is -0.606. The van der Waals surface area contributed by atoms with Gasteiger partial charge in [-0.3, -0.25) is 19.5 Å². The number of hydrogen-bond acceptors (Lipinski definition) is 7. The SMILES string of the molecule is C=CCn1c(COc2cccc(C)c2)nnc1SCC(=O)Nc1ccc(Cl)c([N+](=O)[O-])c1. The van der Waals surface area contributed by atoms with Crippen LogP contribution in [0.3, 0.4) is 0 Å². The number of halogens is 1. The van der Waals surface area contributed by atoms with Gasteiger partial charge in [-0.2, -0.15) is 0 Å². The van der Waals surface area contributed by atoms with Gasteiger partial charge in [0.15, 0.2) is 11.0 Å². The summed E-state index contributed by atoms with van der Waals surface area (Å²) >= 11 is 6.98. The van der Waals surface area contributed by atoms with Gasteiger partial charge in [0.25, 0.3) is 5.69 Å². The normalized spacial score (nSPS) is 10.6. The van der Waals surface area contributed by atoms with Crippen LogP contribution in [0.5, 0.6) is 5.75 Å². The number of nitrogens with one attached hydrogen (secondary N) is 1. The first-order chi connectivity index (χ1) is 15.4. The van der Waals surface area contributed by atoms with Gasteiger partial charge in [0.2, 0.25) is 5.91 Å². The van der Waals surface area contributed by atoms with E-state index in [1.807, 2.05) is 35.8 Å². The van der Waals surface area contributed by atoms with Crippen molar-refractivity contribution in [1.29, 1.82) is 0 Å². The molecule has 0 fully saturated rings. The Morgan fingerprint density at radius 3 is 2.88 bits per heavy atom. The van der Waals surface area contributed by atoms with E-state index in [1.54, 1.807) is 6.08 Å². The fourth-order valence-corrected chi connectivity index (χ4v) is 3.71. The van der Waals surface area contributed by atoms with E-state index in [-0.39, 0.29) is 34.7 Å². The number of aromatic nitrogens is 3. The van der Waals surface area contributed by atoms with Gasteiger partial charge in [-0.15, -0.1) is 16.8 Å². The van der Waals surface area contributed by atoms with Crippen molar-refractivity contribution < 1.29 is 14.5 Å². The predicted molar refractivity (Wildman–Crippen MR) is 123 cm³/mol. The Labute approximate surface area is 193 Å². The zero-order chi connectivity index (χ0) is 23.1. The molecule has 11 heteroatoms. The molecule has 32 heavy (non-hydrogen) atoms. The molecule has 0 unspecified atom stereocenters. The maximum atomic E-state index is 12.3. The molecule has 0 bridgehead atoms. The van der Waals surface area contributed by atoms with Gasteiger partial charge in [0, 0.05) is 18.3 Å². The van der Waals surface area contributed by atoms with Crippen LogP contribution >= 0.6 is 23.4 Å². The number of nitro benzene ring substituents is 1. The second kappa shape index (κ2) is 10.8. The van der Waals surface area contributed by atoms with E-state index in [0.717, 1.165) is 11.3 Å². The number of ether oxygens (including phenoxy) is 1. The first-order valence-electron chi connectivity index (χ1n) is 9.46. The van der Waals surface area contributed by atoms with Crippen LogP contribution in [0.15, 0.2) is 60.3 Å². The van der Waals surface area contributed by atoms with E-state index in [1.165, 1.54) is 30.0 Å². The summed E-state index contributed by atoms with van der Waals surface area (Å²) in [5.41, 5.74) is 1.09. The number of carbonyl (C=O) groups excluding carboxylic acids is 1. The maximum Gasteiger partial charge on any atom is 0.289 e. The molecular formula is C21H20ClN5O4S. The third kappa shape index (κ3) is 6.08. The van der Waals surface area contributed by atoms with Crippen LogP contribution in [-0.2, 0) is 17.9 Å². The number of nitrogens with zero attached hydrogens (tertiary/aromatic N) is 4. The molecule has 0 saturated carbocycles. The Morgan fingerprint density at radius 2 is 2.16 bits per heavy atom. The number of aryl methyl sites for hydroxylation is 1. The fourth-order valence-electron chi connectivity index (χ4n) is 2.76. The van der Waals surface area contributed by atoms with Crippen molar-refractivity contribution in [3.63, 3.8) is 0 Å². The summed E-state index contributed by atoms with van der Waals surface area (Å²) < 4.78 is 7.62. The van der Waals surface area contributed by atoms with E-state index >= 15 is 0 Å². The van der Waals surface area contributed by atoms with Crippen molar-refractivity contribution in [2.45, 2.75) is 25.2 Å². The van der Waals surface area contributed by atoms with E-state index in [0.29, 0.717) is 17.5 Å². The molecule has 1 N–H and O–H groups in total. The Bertz CT molecular complexity index is 1150. The number of nitro groups is 1. The number of hydrogen-bond donors (Lipinski definition) is 1. The molecule has 0 aliphatic carbocycles. The van der Waals surface area contributed by atoms with Gasteiger partial charge in [0.1, 0.15) is 17.4 Å². The van der Waals surface area contributed by atoms with Crippen molar-refractivity contribution in [2.24, 2.45) is 0 Å². The molecule has 1 aromatic heterocycles. The molecule has 0 atom stereocenters. The summed E-state index contributed by atoms with van der Waals surface area (Å²) in [6.45, 7) is 6.40. The lowest BCUT2D eigenvalue weighted by Crippen LogP contribution is -2.15. The molecule has 2 aromatic carbocycles. The predicted octanol–water partition coefficient (Wildman–Crippen LogP) is 4.64. The molecule has 0 aliphatic rings. The van der Waals surface area contributed by atoms with Crippen molar-refractivity contribution in [3.8, 4) is 5.75 Å². The van der Waals surface area contributed by atoms with Crippen LogP contribution in [0.2, 0.25) is 5.02 Å². The first-order valence-corrected chi connectivity index (χ1v) is 10.8. The van der Waals surface area contributed by atoms with Gasteiger partial charge in [-0.05, 0) is 36.8 Å². The fraction of sp³-hybridized carbons (Fsp3) is 0.190. The molecule has 3 rings (SSSR count). The third-order valence-corrected chi connectivity index (χ3v) is 5.51. The lowest BCUT2D eigenvalue weighted by Gasteiger charge is -2.10. The first kappa shape index (κ1) is 23.3. The van der Waals surface area contributed by atoms with Crippen molar-refractivity contribution in [3.05, 3.63) is 81.6 Å². The number of benzene rings is 2. The molecule has 1 amide bonds. The third-order valence-electron chi connectivity index (χ3n) is 4.22. The topological polar surface area (TPSA) is 112 Å². The average Bonchev–Trinajstić information content (AvgIpc) is 3.14. The van der Waals surface area contributed by atoms with Gasteiger partial charge in [-0.25, -0.2) is 0 Å². The Morgan fingerprint density at radius 1 is 1.34 bits per heavy atom.